The second-order valence-electron chi connectivity index (χ2n) is 1.70. The molecule has 0 aromatic rings. The molecule has 0 rings (SSSR count). The minimum absolute atomic E-state index is 0.407. The molecule has 60 valence electrons. The number of methoxy groups -OCH3 is 1. The lowest BCUT2D eigenvalue weighted by atomic mass is 10.4. The minimum atomic E-state index is 0.407. The third-order valence-corrected chi connectivity index (χ3v) is 0.972. The van der Waals surface area contributed by atoms with E-state index in [1.165, 1.54) is 7.11 Å². The van der Waals surface area contributed by atoms with Crippen molar-refractivity contribution in [3.63, 3.8) is 0 Å². The van der Waals surface area contributed by atoms with Crippen molar-refractivity contribution in [2.24, 2.45) is 4.99 Å². The molecule has 0 aliphatic rings. The van der Waals surface area contributed by atoms with Gasteiger partial charge in [-0.3, -0.25) is 0 Å². The van der Waals surface area contributed by atoms with Gasteiger partial charge in [-0.1, -0.05) is 12.2 Å². The number of carbonyl (C=O) groups is 1. The molecule has 0 amide bonds. The fourth-order valence-corrected chi connectivity index (χ4v) is 0.470. The van der Waals surface area contributed by atoms with Crippen LogP contribution in [0.5, 0.6) is 0 Å². The lowest BCUT2D eigenvalue weighted by molar-refractivity contribution is -0.107. The van der Waals surface area contributed by atoms with Crippen LogP contribution in [0.15, 0.2) is 29.1 Å². The number of ether oxygens (including phenoxy) is 1. The molecule has 0 aromatic carbocycles. The Bertz CT molecular complexity index is 183. The number of rotatable bonds is 5. The highest BCUT2D eigenvalue weighted by Crippen LogP contribution is 1.95. The molecule has 0 spiro atoms. The van der Waals surface area contributed by atoms with Gasteiger partial charge in [-0.05, 0) is 12.8 Å². The molecule has 0 aliphatic carbocycles. The van der Waals surface area contributed by atoms with Gasteiger partial charge >= 0.3 is 0 Å². The fourth-order valence-electron chi connectivity index (χ4n) is 0.470. The zero-order valence-corrected chi connectivity index (χ0v) is 6.49. The minimum Gasteiger partial charge on any atom is -0.481 e. The lowest BCUT2D eigenvalue weighted by Crippen LogP contribution is -1.78. The molecule has 0 aliphatic heterocycles. The number of allylic oxidation sites excluding steroid dienone is 3. The predicted molar refractivity (Wildman–Crippen MR) is 44.5 cm³/mol. The maximum Gasteiger partial charge on any atom is 0.212 e. The van der Waals surface area contributed by atoms with Gasteiger partial charge in [0.2, 0.25) is 5.88 Å². The van der Waals surface area contributed by atoms with E-state index in [1.54, 1.807) is 18.2 Å². The SMILES string of the molecule is C=N/C(=C\C=C/CC=O)OC. The van der Waals surface area contributed by atoms with Gasteiger partial charge in [0.05, 0.1) is 7.11 Å². The smallest absolute Gasteiger partial charge is 0.212 e. The zero-order valence-electron chi connectivity index (χ0n) is 6.49. The van der Waals surface area contributed by atoms with Gasteiger partial charge in [0.1, 0.15) is 6.29 Å². The zero-order chi connectivity index (χ0) is 8.53. The van der Waals surface area contributed by atoms with Crippen molar-refractivity contribution in [3.8, 4) is 0 Å². The maximum absolute atomic E-state index is 9.85. The first-order valence-electron chi connectivity index (χ1n) is 3.16. The van der Waals surface area contributed by atoms with Crippen molar-refractivity contribution in [2.75, 3.05) is 7.11 Å². The van der Waals surface area contributed by atoms with E-state index in [9.17, 15) is 4.79 Å². The first-order valence-corrected chi connectivity index (χ1v) is 3.16. The third kappa shape index (κ3) is 5.08. The van der Waals surface area contributed by atoms with Gasteiger partial charge in [-0.2, -0.15) is 0 Å². The van der Waals surface area contributed by atoms with E-state index in [1.807, 2.05) is 0 Å². The van der Waals surface area contributed by atoms with Gasteiger partial charge < -0.3 is 9.53 Å². The van der Waals surface area contributed by atoms with Crippen molar-refractivity contribution in [3.05, 3.63) is 24.1 Å². The third-order valence-electron chi connectivity index (χ3n) is 0.972. The largest absolute Gasteiger partial charge is 0.481 e. The Hall–Kier alpha value is -1.38. The molecule has 3 nitrogen and oxygen atoms in total. The van der Waals surface area contributed by atoms with Crippen LogP contribution in [0.2, 0.25) is 0 Å². The molecule has 0 saturated heterocycles. The standard InChI is InChI=1S/C8H11NO2/c1-9-8(11-2)6-4-3-5-7-10/h3-4,6-7H,1,5H2,2H3/b4-3-,8-6+. The van der Waals surface area contributed by atoms with E-state index in [0.29, 0.717) is 12.3 Å². The Labute approximate surface area is 66.1 Å². The van der Waals surface area contributed by atoms with Crippen LogP contribution in [0.4, 0.5) is 0 Å². The van der Waals surface area contributed by atoms with Crippen LogP contribution in [0, 0.1) is 0 Å². The topological polar surface area (TPSA) is 38.7 Å². The van der Waals surface area contributed by atoms with Crippen molar-refractivity contribution in [1.82, 2.24) is 0 Å². The van der Waals surface area contributed by atoms with Crippen LogP contribution in [0.25, 0.3) is 0 Å². The summed E-state index contributed by atoms with van der Waals surface area (Å²) in [6, 6.07) is 0. The van der Waals surface area contributed by atoms with E-state index in [-0.39, 0.29) is 0 Å². The van der Waals surface area contributed by atoms with Gasteiger partial charge in [-0.15, -0.1) is 0 Å². The second kappa shape index (κ2) is 6.74. The van der Waals surface area contributed by atoms with Gasteiger partial charge in [0.25, 0.3) is 0 Å². The van der Waals surface area contributed by atoms with Crippen molar-refractivity contribution >= 4 is 13.0 Å². The normalized spacial score (nSPS) is 11.5. The maximum atomic E-state index is 9.85. The highest BCUT2D eigenvalue weighted by atomic mass is 16.5. The average molecular weight is 153 g/mol. The molecule has 0 saturated carbocycles. The number of aliphatic imine (C=N–C) groups is 1. The highest BCUT2D eigenvalue weighted by molar-refractivity contribution is 5.52. The average Bonchev–Trinajstić information content (AvgIpc) is 2.05. The number of hydrogen-bond donors (Lipinski definition) is 0. The van der Waals surface area contributed by atoms with E-state index in [2.05, 4.69) is 11.7 Å². The molecule has 0 radical (unpaired) electrons. The molecular formula is C8H11NO2. The first kappa shape index (κ1) is 9.62. The van der Waals surface area contributed by atoms with Crippen LogP contribution >= 0.6 is 0 Å². The lowest BCUT2D eigenvalue weighted by Gasteiger charge is -1.93. The molecule has 3 heteroatoms. The highest BCUT2D eigenvalue weighted by Gasteiger charge is 1.82. The van der Waals surface area contributed by atoms with E-state index >= 15 is 0 Å². The summed E-state index contributed by atoms with van der Waals surface area (Å²) in [5, 5.41) is 0. The molecule has 0 aromatic heterocycles. The molecule has 11 heavy (non-hydrogen) atoms. The monoisotopic (exact) mass is 153 g/mol. The molecular weight excluding hydrogens is 142 g/mol. The Morgan fingerprint density at radius 3 is 2.91 bits per heavy atom. The van der Waals surface area contributed by atoms with Crippen molar-refractivity contribution in [1.29, 1.82) is 0 Å². The molecule has 0 atom stereocenters. The van der Waals surface area contributed by atoms with Gasteiger partial charge in [0.15, 0.2) is 0 Å². The van der Waals surface area contributed by atoms with Gasteiger partial charge in [0, 0.05) is 6.42 Å². The molecule has 0 N–H and O–H groups in total. The Kier molecular flexibility index (Phi) is 5.89. The summed E-state index contributed by atoms with van der Waals surface area (Å²) in [5.74, 6) is 0.437. The summed E-state index contributed by atoms with van der Waals surface area (Å²) >= 11 is 0. The summed E-state index contributed by atoms with van der Waals surface area (Å²) in [4.78, 5) is 13.4. The van der Waals surface area contributed by atoms with E-state index in [0.717, 1.165) is 6.29 Å². The van der Waals surface area contributed by atoms with Crippen molar-refractivity contribution in [2.45, 2.75) is 6.42 Å². The van der Waals surface area contributed by atoms with Crippen LogP contribution < -0.4 is 0 Å². The van der Waals surface area contributed by atoms with Crippen LogP contribution in [-0.2, 0) is 9.53 Å². The van der Waals surface area contributed by atoms with Crippen LogP contribution in [0.3, 0.4) is 0 Å². The predicted octanol–water partition coefficient (Wildman–Crippen LogP) is 1.32. The van der Waals surface area contributed by atoms with Crippen molar-refractivity contribution < 1.29 is 9.53 Å². The molecule has 0 bridgehead atoms. The number of carbonyl (C=O) groups excluding carboxylic acids is 1. The summed E-state index contributed by atoms with van der Waals surface area (Å²) < 4.78 is 4.77. The second-order valence-corrected chi connectivity index (χ2v) is 1.70. The van der Waals surface area contributed by atoms with Crippen LogP contribution in [-0.4, -0.2) is 20.1 Å². The fraction of sp³-hybridized carbons (Fsp3) is 0.250. The number of hydrogen-bond acceptors (Lipinski definition) is 3. The Balaban J connectivity index is 3.86. The number of aldehydes is 1. The summed E-state index contributed by atoms with van der Waals surface area (Å²) in [5.41, 5.74) is 0. The Morgan fingerprint density at radius 1 is 1.73 bits per heavy atom. The molecule has 0 fully saturated rings. The summed E-state index contributed by atoms with van der Waals surface area (Å²) in [6.45, 7) is 3.28. The summed E-state index contributed by atoms with van der Waals surface area (Å²) in [6.07, 6.45) is 6.26. The van der Waals surface area contributed by atoms with E-state index in [4.69, 9.17) is 4.74 Å². The number of nitrogens with zero attached hydrogens (tertiary/aromatic N) is 1. The van der Waals surface area contributed by atoms with Gasteiger partial charge in [-0.25, -0.2) is 4.99 Å². The van der Waals surface area contributed by atoms with Crippen LogP contribution in [0.1, 0.15) is 6.42 Å². The molecule has 0 unspecified atom stereocenters. The first-order chi connectivity index (χ1) is 5.35. The Morgan fingerprint density at radius 2 is 2.45 bits per heavy atom. The summed E-state index contributed by atoms with van der Waals surface area (Å²) in [7, 11) is 1.51. The van der Waals surface area contributed by atoms with E-state index < -0.39 is 0 Å². The quantitative estimate of drug-likeness (QED) is 0.258. The molecule has 0 heterocycles.